The van der Waals surface area contributed by atoms with Gasteiger partial charge in [0.25, 0.3) is 5.91 Å². The molecule has 0 radical (unpaired) electrons. The Morgan fingerprint density at radius 1 is 1.13 bits per heavy atom. The molecule has 164 valence electrons. The Balaban J connectivity index is 1.34. The van der Waals surface area contributed by atoms with Gasteiger partial charge in [0.1, 0.15) is 17.6 Å². The SMILES string of the molecule is O=C(COc1cccc(S(=O)(=O)c2ccc3c(c2)OC2CNCCC32)c1)N1CCCC1. The monoisotopic (exact) mass is 442 g/mol. The number of amides is 1. The molecule has 8 heteroatoms. The summed E-state index contributed by atoms with van der Waals surface area (Å²) in [7, 11) is -3.74. The van der Waals surface area contributed by atoms with E-state index in [0.717, 1.165) is 51.0 Å². The lowest BCUT2D eigenvalue weighted by Gasteiger charge is -2.24. The van der Waals surface area contributed by atoms with Crippen LogP contribution in [0.1, 0.15) is 30.7 Å². The normalized spacial score (nSPS) is 22.5. The van der Waals surface area contributed by atoms with Crippen molar-refractivity contribution in [1.82, 2.24) is 10.2 Å². The summed E-state index contributed by atoms with van der Waals surface area (Å²) < 4.78 is 38.1. The summed E-state index contributed by atoms with van der Waals surface area (Å²) in [6.07, 6.45) is 3.08. The first-order chi connectivity index (χ1) is 15.0. The van der Waals surface area contributed by atoms with Gasteiger partial charge in [-0.2, -0.15) is 0 Å². The molecule has 3 aliphatic rings. The van der Waals surface area contributed by atoms with E-state index in [1.165, 1.54) is 6.07 Å². The van der Waals surface area contributed by atoms with Crippen LogP contribution in [-0.4, -0.2) is 58.1 Å². The number of likely N-dealkylation sites (tertiary alicyclic amines) is 1. The summed E-state index contributed by atoms with van der Waals surface area (Å²) in [5.74, 6) is 1.27. The molecule has 1 N–H and O–H groups in total. The molecule has 2 aromatic rings. The van der Waals surface area contributed by atoms with Crippen molar-refractivity contribution in [1.29, 1.82) is 0 Å². The fourth-order valence-electron chi connectivity index (χ4n) is 4.63. The summed E-state index contributed by atoms with van der Waals surface area (Å²) in [6, 6.07) is 11.5. The third-order valence-electron chi connectivity index (χ3n) is 6.34. The first-order valence-electron chi connectivity index (χ1n) is 10.8. The maximum Gasteiger partial charge on any atom is 0.260 e. The van der Waals surface area contributed by atoms with Crippen molar-refractivity contribution in [3.05, 3.63) is 48.0 Å². The zero-order valence-corrected chi connectivity index (χ0v) is 18.1. The lowest BCUT2D eigenvalue weighted by molar-refractivity contribution is -0.132. The van der Waals surface area contributed by atoms with E-state index in [2.05, 4.69) is 5.32 Å². The molecule has 1 amide bonds. The lowest BCUT2D eigenvalue weighted by Crippen LogP contribution is -2.39. The van der Waals surface area contributed by atoms with Crippen molar-refractivity contribution < 1.29 is 22.7 Å². The lowest BCUT2D eigenvalue weighted by atomic mass is 9.90. The number of fused-ring (bicyclic) bond motifs is 3. The molecular formula is C23H26N2O5S. The van der Waals surface area contributed by atoms with E-state index in [9.17, 15) is 13.2 Å². The standard InChI is InChI=1S/C23H26N2O5S/c26-23(25-10-1-2-11-25)15-29-16-4-3-5-17(12-16)31(27,28)18-6-7-19-20-8-9-24-14-22(20)30-21(19)13-18/h3-7,12-13,20,22,24H,1-2,8-11,14-15H2. The van der Waals surface area contributed by atoms with Crippen LogP contribution < -0.4 is 14.8 Å². The van der Waals surface area contributed by atoms with E-state index in [4.69, 9.17) is 9.47 Å². The minimum absolute atomic E-state index is 0.0616. The first-order valence-corrected chi connectivity index (χ1v) is 12.3. The highest BCUT2D eigenvalue weighted by Gasteiger charge is 2.37. The van der Waals surface area contributed by atoms with Gasteiger partial charge in [-0.15, -0.1) is 0 Å². The van der Waals surface area contributed by atoms with Gasteiger partial charge in [0.05, 0.1) is 9.79 Å². The van der Waals surface area contributed by atoms with Crippen molar-refractivity contribution in [2.45, 2.75) is 41.1 Å². The van der Waals surface area contributed by atoms with Crippen LogP contribution in [0.3, 0.4) is 0 Å². The second kappa shape index (κ2) is 8.16. The number of nitrogens with one attached hydrogen (secondary N) is 1. The largest absolute Gasteiger partial charge is 0.488 e. The van der Waals surface area contributed by atoms with Crippen LogP contribution in [0.4, 0.5) is 0 Å². The summed E-state index contributed by atoms with van der Waals surface area (Å²) in [5, 5.41) is 3.32. The Morgan fingerprint density at radius 3 is 2.77 bits per heavy atom. The molecule has 0 aromatic heterocycles. The molecule has 0 aliphatic carbocycles. The molecule has 5 rings (SSSR count). The van der Waals surface area contributed by atoms with Gasteiger partial charge in [0, 0.05) is 31.1 Å². The van der Waals surface area contributed by atoms with Gasteiger partial charge in [-0.25, -0.2) is 8.42 Å². The van der Waals surface area contributed by atoms with Crippen LogP contribution in [0.25, 0.3) is 0 Å². The Kier molecular flexibility index (Phi) is 5.35. The molecule has 7 nitrogen and oxygen atoms in total. The minimum Gasteiger partial charge on any atom is -0.488 e. The van der Waals surface area contributed by atoms with Gasteiger partial charge in [0.2, 0.25) is 9.84 Å². The molecule has 2 saturated heterocycles. The van der Waals surface area contributed by atoms with Crippen molar-refractivity contribution in [3.8, 4) is 11.5 Å². The fourth-order valence-corrected chi connectivity index (χ4v) is 5.94. The van der Waals surface area contributed by atoms with Crippen molar-refractivity contribution in [2.75, 3.05) is 32.8 Å². The van der Waals surface area contributed by atoms with Gasteiger partial charge in [0.15, 0.2) is 6.61 Å². The van der Waals surface area contributed by atoms with Gasteiger partial charge >= 0.3 is 0 Å². The number of hydrogen-bond donors (Lipinski definition) is 1. The Morgan fingerprint density at radius 2 is 1.94 bits per heavy atom. The van der Waals surface area contributed by atoms with Crippen molar-refractivity contribution >= 4 is 15.7 Å². The molecule has 2 fully saturated rings. The van der Waals surface area contributed by atoms with Gasteiger partial charge in [-0.1, -0.05) is 12.1 Å². The highest BCUT2D eigenvalue weighted by Crippen LogP contribution is 2.42. The minimum atomic E-state index is -3.74. The van der Waals surface area contributed by atoms with E-state index < -0.39 is 9.84 Å². The zero-order chi connectivity index (χ0) is 21.4. The maximum atomic E-state index is 13.2. The second-order valence-corrected chi connectivity index (χ2v) is 10.3. The van der Waals surface area contributed by atoms with Crippen LogP contribution >= 0.6 is 0 Å². The van der Waals surface area contributed by atoms with Gasteiger partial charge < -0.3 is 19.7 Å². The maximum absolute atomic E-state index is 13.2. The molecule has 0 spiro atoms. The molecule has 2 unspecified atom stereocenters. The second-order valence-electron chi connectivity index (χ2n) is 8.31. The number of nitrogens with zero attached hydrogens (tertiary/aromatic N) is 1. The molecular weight excluding hydrogens is 416 g/mol. The first kappa shape index (κ1) is 20.3. The summed E-state index contributed by atoms with van der Waals surface area (Å²) in [6.45, 7) is 3.14. The molecule has 0 saturated carbocycles. The van der Waals surface area contributed by atoms with E-state index in [1.807, 2.05) is 6.07 Å². The van der Waals surface area contributed by atoms with Crippen molar-refractivity contribution in [2.24, 2.45) is 0 Å². The third-order valence-corrected chi connectivity index (χ3v) is 8.09. The Hall–Kier alpha value is -2.58. The van der Waals surface area contributed by atoms with E-state index in [0.29, 0.717) is 17.4 Å². The Labute approximate surface area is 182 Å². The molecule has 31 heavy (non-hydrogen) atoms. The number of rotatable bonds is 5. The molecule has 0 bridgehead atoms. The number of carbonyl (C=O) groups is 1. The predicted octanol–water partition coefficient (Wildman–Crippen LogP) is 2.36. The van der Waals surface area contributed by atoms with Crippen LogP contribution in [0.15, 0.2) is 52.3 Å². The summed E-state index contributed by atoms with van der Waals surface area (Å²) in [5.41, 5.74) is 1.09. The van der Waals surface area contributed by atoms with E-state index in [1.54, 1.807) is 35.2 Å². The topological polar surface area (TPSA) is 84.9 Å². The van der Waals surface area contributed by atoms with Gasteiger partial charge in [-0.05, 0) is 56.1 Å². The summed E-state index contributed by atoms with van der Waals surface area (Å²) >= 11 is 0. The molecule has 3 aliphatic heterocycles. The number of ether oxygens (including phenoxy) is 2. The average molecular weight is 443 g/mol. The van der Waals surface area contributed by atoms with Crippen LogP contribution in [-0.2, 0) is 14.6 Å². The van der Waals surface area contributed by atoms with E-state index in [-0.39, 0.29) is 28.4 Å². The zero-order valence-electron chi connectivity index (χ0n) is 17.2. The highest BCUT2D eigenvalue weighted by molar-refractivity contribution is 7.91. The highest BCUT2D eigenvalue weighted by atomic mass is 32.2. The Bertz CT molecular complexity index is 1090. The smallest absolute Gasteiger partial charge is 0.260 e. The van der Waals surface area contributed by atoms with Crippen LogP contribution in [0.5, 0.6) is 11.5 Å². The van der Waals surface area contributed by atoms with Crippen LogP contribution in [0.2, 0.25) is 0 Å². The number of hydrogen-bond acceptors (Lipinski definition) is 6. The molecule has 2 atom stereocenters. The number of sulfone groups is 1. The molecule has 3 heterocycles. The number of piperidine rings is 1. The fraction of sp³-hybridized carbons (Fsp3) is 0.435. The number of carbonyl (C=O) groups excluding carboxylic acids is 1. The quantitative estimate of drug-likeness (QED) is 0.765. The summed E-state index contributed by atoms with van der Waals surface area (Å²) in [4.78, 5) is 14.3. The average Bonchev–Trinajstić information content (AvgIpc) is 3.45. The van der Waals surface area contributed by atoms with E-state index >= 15 is 0 Å². The third kappa shape index (κ3) is 3.90. The number of benzene rings is 2. The van der Waals surface area contributed by atoms with Gasteiger partial charge in [-0.3, -0.25) is 4.79 Å². The van der Waals surface area contributed by atoms with Crippen molar-refractivity contribution in [3.63, 3.8) is 0 Å². The predicted molar refractivity (Wildman–Crippen MR) is 114 cm³/mol. The molecule has 2 aromatic carbocycles. The van der Waals surface area contributed by atoms with Crippen LogP contribution in [0, 0.1) is 0 Å².